The van der Waals surface area contributed by atoms with Crippen molar-refractivity contribution in [1.29, 1.82) is 0 Å². The summed E-state index contributed by atoms with van der Waals surface area (Å²) in [5.74, 6) is -0.740. The zero-order valence-electron chi connectivity index (χ0n) is 9.08. The topological polar surface area (TPSA) is 38.8 Å². The number of hydrogen-bond donors (Lipinski definition) is 0. The molecule has 1 rings (SSSR count). The van der Waals surface area contributed by atoms with Crippen LogP contribution in [0.3, 0.4) is 0 Å². The Kier molecular flexibility index (Phi) is 4.26. The maximum atomic E-state index is 13.2. The summed E-state index contributed by atoms with van der Waals surface area (Å²) < 4.78 is 18.6. The molecule has 0 saturated heterocycles. The van der Waals surface area contributed by atoms with Gasteiger partial charge in [0.15, 0.2) is 0 Å². The van der Waals surface area contributed by atoms with E-state index >= 15 is 0 Å². The highest BCUT2D eigenvalue weighted by Crippen LogP contribution is 2.30. The van der Waals surface area contributed by atoms with Crippen molar-refractivity contribution < 1.29 is 18.8 Å². The van der Waals surface area contributed by atoms with E-state index in [1.54, 1.807) is 0 Å². The number of ether oxygens (including phenoxy) is 1. The van der Waals surface area contributed by atoms with Crippen molar-refractivity contribution in [2.75, 3.05) is 21.3 Å². The molecule has 0 fully saturated rings. The molecule has 1 aromatic rings. The lowest BCUT2D eigenvalue weighted by atomic mass is 10.2. The van der Waals surface area contributed by atoms with Crippen LogP contribution in [0.1, 0.15) is 10.4 Å². The standard InChI is InChI=1S/C10H11BrFNO3/c1-13(16-3)10(14)7-4-6(12)5-8(11)9(7)15-2/h4-5H,1-3H3. The molecule has 0 unspecified atom stereocenters. The molecule has 0 aliphatic rings. The van der Waals surface area contributed by atoms with Gasteiger partial charge >= 0.3 is 0 Å². The fourth-order valence-corrected chi connectivity index (χ4v) is 1.77. The molecular weight excluding hydrogens is 281 g/mol. The number of nitrogens with zero attached hydrogens (tertiary/aromatic N) is 1. The normalized spacial score (nSPS) is 10.1. The largest absolute Gasteiger partial charge is 0.495 e. The third kappa shape index (κ3) is 2.51. The Labute approximate surface area is 101 Å². The molecule has 0 radical (unpaired) electrons. The third-order valence-corrected chi connectivity index (χ3v) is 2.59. The molecule has 0 atom stereocenters. The monoisotopic (exact) mass is 291 g/mol. The molecule has 4 nitrogen and oxygen atoms in total. The number of carbonyl (C=O) groups is 1. The van der Waals surface area contributed by atoms with Crippen molar-refractivity contribution in [1.82, 2.24) is 5.06 Å². The summed E-state index contributed by atoms with van der Waals surface area (Å²) in [4.78, 5) is 16.5. The molecule has 0 N–H and O–H groups in total. The van der Waals surface area contributed by atoms with E-state index in [2.05, 4.69) is 15.9 Å². The van der Waals surface area contributed by atoms with E-state index < -0.39 is 11.7 Å². The zero-order chi connectivity index (χ0) is 12.3. The van der Waals surface area contributed by atoms with E-state index in [0.29, 0.717) is 4.47 Å². The Bertz CT molecular complexity index is 411. The van der Waals surface area contributed by atoms with Gasteiger partial charge < -0.3 is 4.74 Å². The summed E-state index contributed by atoms with van der Waals surface area (Å²) in [5, 5.41) is 0.990. The van der Waals surface area contributed by atoms with Gasteiger partial charge in [-0.05, 0) is 28.1 Å². The molecule has 1 amide bonds. The Hall–Kier alpha value is -1.14. The van der Waals surface area contributed by atoms with Crippen LogP contribution in [-0.4, -0.2) is 32.2 Å². The first-order chi connectivity index (χ1) is 7.51. The molecule has 1 aromatic carbocycles. The molecular formula is C10H11BrFNO3. The number of amides is 1. The van der Waals surface area contributed by atoms with Crippen molar-refractivity contribution in [2.45, 2.75) is 0 Å². The minimum Gasteiger partial charge on any atom is -0.495 e. The summed E-state index contributed by atoms with van der Waals surface area (Å²) >= 11 is 3.12. The van der Waals surface area contributed by atoms with E-state index in [-0.39, 0.29) is 11.3 Å². The van der Waals surface area contributed by atoms with Gasteiger partial charge in [-0.25, -0.2) is 9.45 Å². The van der Waals surface area contributed by atoms with E-state index in [4.69, 9.17) is 9.57 Å². The number of hydrogen-bond acceptors (Lipinski definition) is 3. The van der Waals surface area contributed by atoms with Crippen molar-refractivity contribution in [3.8, 4) is 5.75 Å². The summed E-state index contributed by atoms with van der Waals surface area (Å²) in [6.07, 6.45) is 0. The number of halogens is 2. The first kappa shape index (κ1) is 12.9. The van der Waals surface area contributed by atoms with Gasteiger partial charge in [-0.3, -0.25) is 9.63 Å². The lowest BCUT2D eigenvalue weighted by Crippen LogP contribution is -2.26. The molecule has 0 aliphatic carbocycles. The number of rotatable bonds is 3. The second-order valence-corrected chi connectivity index (χ2v) is 3.81. The average Bonchev–Trinajstić information content (AvgIpc) is 2.26. The Morgan fingerprint density at radius 2 is 2.06 bits per heavy atom. The first-order valence-corrected chi connectivity index (χ1v) is 5.15. The van der Waals surface area contributed by atoms with Crippen LogP contribution in [0.5, 0.6) is 5.75 Å². The lowest BCUT2D eigenvalue weighted by molar-refractivity contribution is -0.0758. The molecule has 16 heavy (non-hydrogen) atoms. The maximum Gasteiger partial charge on any atom is 0.281 e. The maximum absolute atomic E-state index is 13.2. The van der Waals surface area contributed by atoms with E-state index in [0.717, 1.165) is 11.1 Å². The molecule has 0 saturated carbocycles. The van der Waals surface area contributed by atoms with E-state index in [1.165, 1.54) is 27.3 Å². The Morgan fingerprint density at radius 3 is 2.56 bits per heavy atom. The van der Waals surface area contributed by atoms with Gasteiger partial charge in [0.05, 0.1) is 24.3 Å². The molecule has 0 heterocycles. The fourth-order valence-electron chi connectivity index (χ4n) is 1.18. The fraction of sp³-hybridized carbons (Fsp3) is 0.300. The lowest BCUT2D eigenvalue weighted by Gasteiger charge is -2.16. The second-order valence-electron chi connectivity index (χ2n) is 2.95. The minimum absolute atomic E-state index is 0.0960. The van der Waals surface area contributed by atoms with E-state index in [9.17, 15) is 9.18 Å². The molecule has 6 heteroatoms. The molecule has 0 bridgehead atoms. The Morgan fingerprint density at radius 1 is 1.44 bits per heavy atom. The smallest absolute Gasteiger partial charge is 0.281 e. The van der Waals surface area contributed by atoms with Crippen LogP contribution in [0.25, 0.3) is 0 Å². The van der Waals surface area contributed by atoms with Gasteiger partial charge in [-0.15, -0.1) is 0 Å². The summed E-state index contributed by atoms with van der Waals surface area (Å²) in [7, 11) is 4.18. The van der Waals surface area contributed by atoms with Crippen LogP contribution in [-0.2, 0) is 4.84 Å². The van der Waals surface area contributed by atoms with Gasteiger partial charge in [-0.2, -0.15) is 0 Å². The van der Waals surface area contributed by atoms with Gasteiger partial charge in [0.25, 0.3) is 5.91 Å². The molecule has 0 spiro atoms. The van der Waals surface area contributed by atoms with Gasteiger partial charge in [0.2, 0.25) is 0 Å². The van der Waals surface area contributed by atoms with Crippen LogP contribution in [0.4, 0.5) is 4.39 Å². The highest BCUT2D eigenvalue weighted by Gasteiger charge is 2.20. The first-order valence-electron chi connectivity index (χ1n) is 4.36. The number of carbonyl (C=O) groups excluding carboxylic acids is 1. The minimum atomic E-state index is -0.527. The van der Waals surface area contributed by atoms with Gasteiger partial charge in [-0.1, -0.05) is 0 Å². The van der Waals surface area contributed by atoms with Crippen LogP contribution in [0.15, 0.2) is 16.6 Å². The predicted octanol–water partition coefficient (Wildman–Crippen LogP) is 2.23. The van der Waals surface area contributed by atoms with Crippen LogP contribution >= 0.6 is 15.9 Å². The number of hydroxylamine groups is 2. The third-order valence-electron chi connectivity index (χ3n) is 2.00. The van der Waals surface area contributed by atoms with E-state index in [1.807, 2.05) is 0 Å². The van der Waals surface area contributed by atoms with Crippen LogP contribution in [0, 0.1) is 5.82 Å². The average molecular weight is 292 g/mol. The summed E-state index contributed by atoms with van der Waals surface area (Å²) in [6.45, 7) is 0. The molecule has 0 aliphatic heterocycles. The number of benzene rings is 1. The van der Waals surface area contributed by atoms with Crippen molar-refractivity contribution in [2.24, 2.45) is 0 Å². The molecule has 0 aromatic heterocycles. The van der Waals surface area contributed by atoms with Crippen molar-refractivity contribution in [3.05, 3.63) is 28.0 Å². The zero-order valence-corrected chi connectivity index (χ0v) is 10.7. The van der Waals surface area contributed by atoms with Crippen molar-refractivity contribution in [3.63, 3.8) is 0 Å². The highest BCUT2D eigenvalue weighted by atomic mass is 79.9. The highest BCUT2D eigenvalue weighted by molar-refractivity contribution is 9.10. The summed E-state index contributed by atoms with van der Waals surface area (Å²) in [5.41, 5.74) is 0.0960. The van der Waals surface area contributed by atoms with Gasteiger partial charge in [0.1, 0.15) is 11.6 Å². The predicted molar refractivity (Wildman–Crippen MR) is 59.8 cm³/mol. The van der Waals surface area contributed by atoms with Crippen molar-refractivity contribution >= 4 is 21.8 Å². The second kappa shape index (κ2) is 5.27. The quantitative estimate of drug-likeness (QED) is 0.802. The SMILES string of the molecule is COc1c(Br)cc(F)cc1C(=O)N(C)OC. The van der Waals surface area contributed by atoms with Crippen LogP contribution in [0.2, 0.25) is 0 Å². The number of methoxy groups -OCH3 is 1. The molecule has 88 valence electrons. The summed E-state index contributed by atoms with van der Waals surface area (Å²) in [6, 6.07) is 2.32. The van der Waals surface area contributed by atoms with Crippen LogP contribution < -0.4 is 4.74 Å². The Balaban J connectivity index is 3.26. The van der Waals surface area contributed by atoms with Gasteiger partial charge in [0, 0.05) is 7.05 Å².